The fourth-order valence-electron chi connectivity index (χ4n) is 1.50. The van der Waals surface area contributed by atoms with Crippen LogP contribution in [0.3, 0.4) is 0 Å². The van der Waals surface area contributed by atoms with E-state index in [4.69, 9.17) is 0 Å². The van der Waals surface area contributed by atoms with Crippen molar-refractivity contribution in [3.63, 3.8) is 0 Å². The van der Waals surface area contributed by atoms with Gasteiger partial charge in [0, 0.05) is 18.1 Å². The molecule has 0 aliphatic carbocycles. The van der Waals surface area contributed by atoms with Gasteiger partial charge in [-0.3, -0.25) is 15.0 Å². The number of rotatable bonds is 2. The minimum absolute atomic E-state index is 0.826. The summed E-state index contributed by atoms with van der Waals surface area (Å²) in [4.78, 5) is 12.8. The van der Waals surface area contributed by atoms with E-state index < -0.39 is 0 Å². The Labute approximate surface area is 89.2 Å². The normalized spacial score (nSPS) is 10.3. The molecule has 0 atom stereocenters. The van der Waals surface area contributed by atoms with E-state index in [2.05, 4.69) is 34.9 Å². The zero-order valence-electron chi connectivity index (χ0n) is 8.94. The van der Waals surface area contributed by atoms with E-state index in [1.165, 1.54) is 5.56 Å². The van der Waals surface area contributed by atoms with Gasteiger partial charge < -0.3 is 0 Å². The van der Waals surface area contributed by atoms with Crippen LogP contribution in [-0.2, 0) is 6.42 Å². The van der Waals surface area contributed by atoms with Crippen LogP contribution in [0.1, 0.15) is 18.2 Å². The third-order valence-electron chi connectivity index (χ3n) is 2.36. The Hall–Kier alpha value is -1.77. The van der Waals surface area contributed by atoms with Crippen LogP contribution in [0.2, 0.25) is 0 Å². The van der Waals surface area contributed by atoms with Crippen LogP contribution in [0.15, 0.2) is 30.7 Å². The number of hydrogen-bond donors (Lipinski definition) is 0. The largest absolute Gasteiger partial charge is 0.261 e. The van der Waals surface area contributed by atoms with Gasteiger partial charge >= 0.3 is 0 Å². The van der Waals surface area contributed by atoms with Crippen molar-refractivity contribution in [2.75, 3.05) is 0 Å². The molecule has 2 heterocycles. The van der Waals surface area contributed by atoms with E-state index in [1.54, 1.807) is 18.6 Å². The van der Waals surface area contributed by atoms with Crippen LogP contribution in [-0.4, -0.2) is 15.0 Å². The highest BCUT2D eigenvalue weighted by atomic mass is 14.8. The maximum Gasteiger partial charge on any atom is 0.107 e. The van der Waals surface area contributed by atoms with Crippen LogP contribution < -0.4 is 0 Å². The Morgan fingerprint density at radius 3 is 2.67 bits per heavy atom. The van der Waals surface area contributed by atoms with Gasteiger partial charge in [-0.2, -0.15) is 0 Å². The Kier molecular flexibility index (Phi) is 2.72. The Morgan fingerprint density at radius 2 is 2.00 bits per heavy atom. The lowest BCUT2D eigenvalue weighted by molar-refractivity contribution is 1.01. The molecule has 3 nitrogen and oxygen atoms in total. The van der Waals surface area contributed by atoms with Crippen LogP contribution in [0.4, 0.5) is 0 Å². The summed E-state index contributed by atoms with van der Waals surface area (Å²) in [5.74, 6) is 0. The first-order valence-corrected chi connectivity index (χ1v) is 5.04. The molecule has 0 unspecified atom stereocenters. The molecule has 0 aliphatic heterocycles. The van der Waals surface area contributed by atoms with E-state index in [0.717, 1.165) is 23.5 Å². The molecular weight excluding hydrogens is 186 g/mol. The van der Waals surface area contributed by atoms with E-state index in [0.29, 0.717) is 0 Å². The summed E-state index contributed by atoms with van der Waals surface area (Å²) in [6, 6.07) is 4.06. The quantitative estimate of drug-likeness (QED) is 0.745. The average Bonchev–Trinajstić information content (AvgIpc) is 2.31. The summed E-state index contributed by atoms with van der Waals surface area (Å²) in [5, 5.41) is 0. The highest BCUT2D eigenvalue weighted by Gasteiger charge is 2.03. The summed E-state index contributed by atoms with van der Waals surface area (Å²) in [5.41, 5.74) is 4.07. The molecule has 76 valence electrons. The molecule has 0 saturated heterocycles. The van der Waals surface area contributed by atoms with Crippen LogP contribution >= 0.6 is 0 Å². The molecule has 0 aromatic carbocycles. The highest BCUT2D eigenvalue weighted by Crippen LogP contribution is 2.15. The van der Waals surface area contributed by atoms with Gasteiger partial charge in [-0.15, -0.1) is 0 Å². The Bertz CT molecular complexity index is 452. The molecule has 0 spiro atoms. The van der Waals surface area contributed by atoms with Crippen LogP contribution in [0, 0.1) is 6.92 Å². The SMILES string of the molecule is CCc1nc(-c2cnccn2)ccc1C. The van der Waals surface area contributed by atoms with Crippen molar-refractivity contribution in [3.8, 4) is 11.4 Å². The van der Waals surface area contributed by atoms with Gasteiger partial charge in [-0.25, -0.2) is 0 Å². The molecule has 2 aromatic heterocycles. The molecule has 0 amide bonds. The molecule has 0 saturated carbocycles. The lowest BCUT2D eigenvalue weighted by atomic mass is 10.1. The molecule has 0 aliphatic rings. The van der Waals surface area contributed by atoms with Crippen molar-refractivity contribution in [3.05, 3.63) is 42.0 Å². The van der Waals surface area contributed by atoms with Gasteiger partial charge in [0.05, 0.1) is 11.9 Å². The molecule has 0 N–H and O–H groups in total. The average molecular weight is 199 g/mol. The number of aromatic nitrogens is 3. The summed E-state index contributed by atoms with van der Waals surface area (Å²) >= 11 is 0. The maximum absolute atomic E-state index is 4.56. The zero-order valence-corrected chi connectivity index (χ0v) is 8.94. The molecule has 0 fully saturated rings. The van der Waals surface area contributed by atoms with Crippen molar-refractivity contribution < 1.29 is 0 Å². The summed E-state index contributed by atoms with van der Waals surface area (Å²) < 4.78 is 0. The van der Waals surface area contributed by atoms with Crippen molar-refractivity contribution >= 4 is 0 Å². The maximum atomic E-state index is 4.56. The van der Waals surface area contributed by atoms with Crippen molar-refractivity contribution in [2.45, 2.75) is 20.3 Å². The molecule has 2 aromatic rings. The standard InChI is InChI=1S/C12H13N3/c1-3-10-9(2)4-5-11(15-10)12-8-13-6-7-14-12/h4-8H,3H2,1-2H3. The monoisotopic (exact) mass is 199 g/mol. The zero-order chi connectivity index (χ0) is 10.7. The Morgan fingerprint density at radius 1 is 1.13 bits per heavy atom. The van der Waals surface area contributed by atoms with E-state index >= 15 is 0 Å². The van der Waals surface area contributed by atoms with Crippen molar-refractivity contribution in [2.24, 2.45) is 0 Å². The van der Waals surface area contributed by atoms with E-state index in [9.17, 15) is 0 Å². The molecule has 0 radical (unpaired) electrons. The second-order valence-corrected chi connectivity index (χ2v) is 3.40. The molecule has 15 heavy (non-hydrogen) atoms. The van der Waals surface area contributed by atoms with Gasteiger partial charge in [0.25, 0.3) is 0 Å². The lowest BCUT2D eigenvalue weighted by Gasteiger charge is -2.04. The number of nitrogens with zero attached hydrogens (tertiary/aromatic N) is 3. The summed E-state index contributed by atoms with van der Waals surface area (Å²) in [6.07, 6.45) is 6.03. The topological polar surface area (TPSA) is 38.7 Å². The predicted octanol–water partition coefficient (Wildman–Crippen LogP) is 2.41. The third-order valence-corrected chi connectivity index (χ3v) is 2.36. The van der Waals surface area contributed by atoms with Crippen LogP contribution in [0.25, 0.3) is 11.4 Å². The third kappa shape index (κ3) is 2.01. The first kappa shape index (κ1) is 9.77. The Balaban J connectivity index is 2.46. The van der Waals surface area contributed by atoms with Gasteiger partial charge in [0.15, 0.2) is 0 Å². The van der Waals surface area contributed by atoms with E-state index in [1.807, 2.05) is 6.07 Å². The highest BCUT2D eigenvalue weighted by molar-refractivity contribution is 5.53. The molecule has 0 bridgehead atoms. The van der Waals surface area contributed by atoms with Crippen LogP contribution in [0.5, 0.6) is 0 Å². The fourth-order valence-corrected chi connectivity index (χ4v) is 1.50. The van der Waals surface area contributed by atoms with Crippen molar-refractivity contribution in [1.82, 2.24) is 15.0 Å². The summed E-state index contributed by atoms with van der Waals surface area (Å²) in [7, 11) is 0. The smallest absolute Gasteiger partial charge is 0.107 e. The minimum Gasteiger partial charge on any atom is -0.261 e. The number of hydrogen-bond acceptors (Lipinski definition) is 3. The molecular formula is C12H13N3. The number of aryl methyl sites for hydroxylation is 2. The van der Waals surface area contributed by atoms with E-state index in [-0.39, 0.29) is 0 Å². The first-order chi connectivity index (χ1) is 7.31. The molecule has 3 heteroatoms. The van der Waals surface area contributed by atoms with Crippen molar-refractivity contribution in [1.29, 1.82) is 0 Å². The minimum atomic E-state index is 0.826. The van der Waals surface area contributed by atoms with Gasteiger partial charge in [0.2, 0.25) is 0 Å². The predicted molar refractivity (Wildman–Crippen MR) is 59.4 cm³/mol. The van der Waals surface area contributed by atoms with Gasteiger partial charge in [-0.05, 0) is 25.0 Å². The first-order valence-electron chi connectivity index (χ1n) is 5.04. The number of pyridine rings is 1. The van der Waals surface area contributed by atoms with Gasteiger partial charge in [-0.1, -0.05) is 13.0 Å². The second kappa shape index (κ2) is 4.17. The summed E-state index contributed by atoms with van der Waals surface area (Å²) in [6.45, 7) is 4.18. The second-order valence-electron chi connectivity index (χ2n) is 3.40. The fraction of sp³-hybridized carbons (Fsp3) is 0.250. The lowest BCUT2D eigenvalue weighted by Crippen LogP contribution is -1.95. The molecule has 2 rings (SSSR count). The van der Waals surface area contributed by atoms with Gasteiger partial charge in [0.1, 0.15) is 5.69 Å².